The minimum absolute atomic E-state index is 0.0700. The van der Waals surface area contributed by atoms with E-state index in [9.17, 15) is 18.0 Å². The number of benzene rings is 2. The molecule has 2 aromatic heterocycles. The van der Waals surface area contributed by atoms with Crippen molar-refractivity contribution in [2.75, 3.05) is 19.0 Å². The predicted octanol–water partition coefficient (Wildman–Crippen LogP) is 5.73. The summed E-state index contributed by atoms with van der Waals surface area (Å²) in [7, 11) is -3.65. The number of H-pyrrole nitrogens is 1. The first-order chi connectivity index (χ1) is 19.6. The summed E-state index contributed by atoms with van der Waals surface area (Å²) in [5.41, 5.74) is 2.16. The first kappa shape index (κ1) is 31.7. The van der Waals surface area contributed by atoms with Gasteiger partial charge in [-0.05, 0) is 74.9 Å². The van der Waals surface area contributed by atoms with E-state index in [4.69, 9.17) is 32.1 Å². The second kappa shape index (κ2) is 14.7. The normalized spacial score (nSPS) is 10.9. The van der Waals surface area contributed by atoms with Gasteiger partial charge in [0.25, 0.3) is 0 Å². The zero-order valence-corrected chi connectivity index (χ0v) is 24.8. The first-order valence-corrected chi connectivity index (χ1v) is 14.8. The average Bonchev–Trinajstić information content (AvgIpc) is 3.61. The summed E-state index contributed by atoms with van der Waals surface area (Å²) in [5, 5.41) is 11.3. The van der Waals surface area contributed by atoms with E-state index < -0.39 is 16.1 Å². The Bertz CT molecular complexity index is 1570. The molecule has 0 atom stereocenters. The Balaban J connectivity index is 0.000000389. The van der Waals surface area contributed by atoms with Gasteiger partial charge < -0.3 is 13.7 Å². The van der Waals surface area contributed by atoms with Crippen molar-refractivity contribution in [2.45, 2.75) is 27.2 Å². The molecular formula is C27H28Cl2N4O7S. The molecule has 0 fully saturated rings. The molecule has 4 rings (SSSR count). The Labute approximate surface area is 247 Å². The average molecular weight is 624 g/mol. The number of halogens is 2. The molecule has 2 heterocycles. The number of aromatic nitrogens is 4. The number of hydrogen-bond acceptors (Lipinski definition) is 9. The maximum Gasteiger partial charge on any atom is 0.358 e. The van der Waals surface area contributed by atoms with Gasteiger partial charge in [0.2, 0.25) is 0 Å². The number of carbonyl (C=O) groups excluding carboxylic acids is 2. The Morgan fingerprint density at radius 3 is 2.12 bits per heavy atom. The van der Waals surface area contributed by atoms with Crippen LogP contribution < -0.4 is 4.18 Å². The van der Waals surface area contributed by atoms with Crippen molar-refractivity contribution < 1.29 is 31.7 Å². The third-order valence-corrected chi connectivity index (χ3v) is 7.04. The minimum Gasteiger partial charge on any atom is -0.461 e. The molecule has 0 amide bonds. The van der Waals surface area contributed by atoms with Gasteiger partial charge in [0, 0.05) is 16.8 Å². The lowest BCUT2D eigenvalue weighted by atomic mass is 10.1. The smallest absolute Gasteiger partial charge is 0.358 e. The van der Waals surface area contributed by atoms with Crippen LogP contribution in [0.15, 0.2) is 60.8 Å². The van der Waals surface area contributed by atoms with Gasteiger partial charge in [0.1, 0.15) is 5.75 Å². The Morgan fingerprint density at radius 1 is 0.902 bits per heavy atom. The molecule has 0 spiro atoms. The summed E-state index contributed by atoms with van der Waals surface area (Å²) in [5.74, 6) is -0.834. The standard InChI is InChI=1S/C21H20Cl2N2O5S.C6H8N2O2/c1-3-11-31(27,28)30-16-8-5-14(6-9-16)20-13-18(21(26)29-4-2)24-25(20)19-10-7-15(22)12-17(19)23;1-2-10-6(9)5-3-4-7-8-5/h5-10,12-13H,3-4,11H2,1-2H3;3-4H,2H2,1H3,(H,7,8). The third kappa shape index (κ3) is 8.81. The van der Waals surface area contributed by atoms with Crippen molar-refractivity contribution in [1.82, 2.24) is 20.0 Å². The summed E-state index contributed by atoms with van der Waals surface area (Å²) >= 11 is 12.4. The highest BCUT2D eigenvalue weighted by atomic mass is 35.5. The molecule has 0 aliphatic rings. The largest absolute Gasteiger partial charge is 0.461 e. The number of esters is 2. The van der Waals surface area contributed by atoms with Crippen molar-refractivity contribution in [2.24, 2.45) is 0 Å². The van der Waals surface area contributed by atoms with E-state index in [1.165, 1.54) is 16.8 Å². The van der Waals surface area contributed by atoms with Gasteiger partial charge in [-0.25, -0.2) is 14.3 Å². The first-order valence-electron chi connectivity index (χ1n) is 12.5. The van der Waals surface area contributed by atoms with E-state index >= 15 is 0 Å². The molecular weight excluding hydrogens is 595 g/mol. The van der Waals surface area contributed by atoms with Crippen LogP contribution >= 0.6 is 23.2 Å². The molecule has 2 aromatic carbocycles. The minimum atomic E-state index is -3.65. The van der Waals surface area contributed by atoms with Gasteiger partial charge in [-0.2, -0.15) is 18.6 Å². The van der Waals surface area contributed by atoms with Crippen LogP contribution in [0, 0.1) is 0 Å². The maximum atomic E-state index is 12.2. The van der Waals surface area contributed by atoms with Crippen LogP contribution in [-0.2, 0) is 19.6 Å². The number of hydrogen-bond donors (Lipinski definition) is 1. The molecule has 0 saturated carbocycles. The van der Waals surface area contributed by atoms with E-state index in [0.717, 1.165) is 0 Å². The van der Waals surface area contributed by atoms with Crippen molar-refractivity contribution >= 4 is 45.3 Å². The number of nitrogens with zero attached hydrogens (tertiary/aromatic N) is 3. The summed E-state index contributed by atoms with van der Waals surface area (Å²) in [4.78, 5) is 23.0. The van der Waals surface area contributed by atoms with E-state index in [-0.39, 0.29) is 29.8 Å². The molecule has 11 nitrogen and oxygen atoms in total. The van der Waals surface area contributed by atoms with E-state index in [2.05, 4.69) is 20.0 Å². The SMILES string of the molecule is CCCS(=O)(=O)Oc1ccc(-c2cc(C(=O)OCC)nn2-c2ccc(Cl)cc2Cl)cc1.CCOC(=O)c1cc[nH]n1. The Morgan fingerprint density at radius 2 is 1.56 bits per heavy atom. The predicted molar refractivity (Wildman–Crippen MR) is 154 cm³/mol. The fraction of sp³-hybridized carbons (Fsp3) is 0.259. The highest BCUT2D eigenvalue weighted by Gasteiger charge is 2.20. The van der Waals surface area contributed by atoms with Gasteiger partial charge in [-0.15, -0.1) is 0 Å². The van der Waals surface area contributed by atoms with Crippen LogP contribution in [0.5, 0.6) is 5.75 Å². The van der Waals surface area contributed by atoms with Crippen LogP contribution in [0.2, 0.25) is 10.0 Å². The molecule has 41 heavy (non-hydrogen) atoms. The fourth-order valence-electron chi connectivity index (χ4n) is 3.43. The molecule has 0 aliphatic carbocycles. The highest BCUT2D eigenvalue weighted by molar-refractivity contribution is 7.87. The van der Waals surface area contributed by atoms with Crippen molar-refractivity contribution in [3.8, 4) is 22.7 Å². The van der Waals surface area contributed by atoms with E-state index in [1.807, 2.05) is 0 Å². The van der Waals surface area contributed by atoms with Crippen LogP contribution in [0.3, 0.4) is 0 Å². The highest BCUT2D eigenvalue weighted by Crippen LogP contribution is 2.31. The number of carbonyl (C=O) groups is 2. The zero-order chi connectivity index (χ0) is 30.0. The van der Waals surface area contributed by atoms with Gasteiger partial charge in [-0.3, -0.25) is 5.10 Å². The molecule has 218 valence electrons. The third-order valence-electron chi connectivity index (χ3n) is 5.14. The summed E-state index contributed by atoms with van der Waals surface area (Å²) < 4.78 is 40.1. The molecule has 0 aliphatic heterocycles. The number of ether oxygens (including phenoxy) is 2. The number of aromatic amines is 1. The summed E-state index contributed by atoms with van der Waals surface area (Å²) in [6, 6.07) is 14.5. The number of nitrogens with one attached hydrogen (secondary N) is 1. The van der Waals surface area contributed by atoms with E-state index in [1.54, 1.807) is 69.4 Å². The second-order valence-corrected chi connectivity index (χ2v) is 10.7. The number of rotatable bonds is 10. The molecule has 14 heteroatoms. The topological polar surface area (TPSA) is 142 Å². The molecule has 0 bridgehead atoms. The van der Waals surface area contributed by atoms with Crippen LogP contribution in [-0.4, -0.2) is 59.3 Å². The lowest BCUT2D eigenvalue weighted by molar-refractivity contribution is 0.0509. The van der Waals surface area contributed by atoms with Crippen LogP contribution in [0.25, 0.3) is 16.9 Å². The van der Waals surface area contributed by atoms with Crippen molar-refractivity contribution in [3.63, 3.8) is 0 Å². The van der Waals surface area contributed by atoms with Gasteiger partial charge in [0.05, 0.1) is 35.4 Å². The summed E-state index contributed by atoms with van der Waals surface area (Å²) in [6.07, 6.45) is 2.03. The van der Waals surface area contributed by atoms with Crippen LogP contribution in [0.1, 0.15) is 48.2 Å². The fourth-order valence-corrected chi connectivity index (χ4v) is 4.90. The van der Waals surface area contributed by atoms with Crippen molar-refractivity contribution in [1.29, 1.82) is 0 Å². The van der Waals surface area contributed by atoms with Gasteiger partial charge in [-0.1, -0.05) is 30.1 Å². The molecule has 4 aromatic rings. The lowest BCUT2D eigenvalue weighted by Gasteiger charge is -2.11. The second-order valence-electron chi connectivity index (χ2n) is 8.19. The monoisotopic (exact) mass is 622 g/mol. The Kier molecular flexibility index (Phi) is 11.3. The molecule has 0 unspecified atom stereocenters. The molecule has 0 radical (unpaired) electrons. The van der Waals surface area contributed by atoms with Gasteiger partial charge >= 0.3 is 22.1 Å². The summed E-state index contributed by atoms with van der Waals surface area (Å²) in [6.45, 7) is 5.81. The van der Waals surface area contributed by atoms with Gasteiger partial charge in [0.15, 0.2) is 11.4 Å². The van der Waals surface area contributed by atoms with Crippen LogP contribution in [0.4, 0.5) is 0 Å². The maximum absolute atomic E-state index is 12.2. The Hall–Kier alpha value is -3.87. The zero-order valence-electron chi connectivity index (χ0n) is 22.5. The lowest BCUT2D eigenvalue weighted by Crippen LogP contribution is -2.12. The van der Waals surface area contributed by atoms with Crippen molar-refractivity contribution in [3.05, 3.63) is 82.2 Å². The molecule has 0 saturated heterocycles. The van der Waals surface area contributed by atoms with E-state index in [0.29, 0.717) is 45.7 Å². The quantitative estimate of drug-likeness (QED) is 0.173. The molecule has 1 N–H and O–H groups in total.